The van der Waals surface area contributed by atoms with Gasteiger partial charge in [-0.15, -0.1) is 11.3 Å². The number of fused-ring (bicyclic) bond motifs is 1. The Morgan fingerprint density at radius 3 is 2.42 bits per heavy atom. The summed E-state index contributed by atoms with van der Waals surface area (Å²) in [4.78, 5) is 0. The van der Waals surface area contributed by atoms with Crippen LogP contribution in [0.3, 0.4) is 0 Å². The number of thiophene rings is 1. The second kappa shape index (κ2) is 8.88. The summed E-state index contributed by atoms with van der Waals surface area (Å²) in [5, 5.41) is 11.7. The van der Waals surface area contributed by atoms with Crippen molar-refractivity contribution in [2.75, 3.05) is 10.1 Å². The van der Waals surface area contributed by atoms with Crippen LogP contribution in [0.2, 0.25) is 0 Å². The van der Waals surface area contributed by atoms with Gasteiger partial charge in [-0.2, -0.15) is 13.2 Å². The molecule has 1 heterocycles. The van der Waals surface area contributed by atoms with Gasteiger partial charge in [0.05, 0.1) is 17.7 Å². The van der Waals surface area contributed by atoms with Crippen LogP contribution in [0.25, 0.3) is 10.1 Å². The molecule has 1 aromatic heterocycles. The lowest BCUT2D eigenvalue weighted by Gasteiger charge is -2.25. The van der Waals surface area contributed by atoms with E-state index in [0.29, 0.717) is 5.00 Å². The Morgan fingerprint density at radius 1 is 1.13 bits per heavy atom. The van der Waals surface area contributed by atoms with Gasteiger partial charge in [0.2, 0.25) is 0 Å². The normalized spacial score (nSPS) is 13.5. The summed E-state index contributed by atoms with van der Waals surface area (Å²) < 4.78 is 68.9. The van der Waals surface area contributed by atoms with E-state index >= 15 is 0 Å². The number of rotatable bonds is 7. The molecule has 0 amide bonds. The van der Waals surface area contributed by atoms with Gasteiger partial charge >= 0.3 is 6.18 Å². The van der Waals surface area contributed by atoms with Crippen molar-refractivity contribution in [3.05, 3.63) is 65.0 Å². The molecule has 0 aliphatic carbocycles. The van der Waals surface area contributed by atoms with Crippen molar-refractivity contribution in [1.29, 1.82) is 0 Å². The molecule has 0 bridgehead atoms. The van der Waals surface area contributed by atoms with Gasteiger partial charge in [-0.1, -0.05) is 24.3 Å². The summed E-state index contributed by atoms with van der Waals surface area (Å²) >= 11 is 1.40. The third kappa shape index (κ3) is 5.64. The van der Waals surface area contributed by atoms with Crippen molar-refractivity contribution in [3.8, 4) is 0 Å². The fraction of sp³-hybridized carbons (Fsp3) is 0.364. The van der Waals surface area contributed by atoms with E-state index in [-0.39, 0.29) is 24.3 Å². The summed E-state index contributed by atoms with van der Waals surface area (Å²) in [6.07, 6.45) is -4.57. The Kier molecular flexibility index (Phi) is 6.78. The van der Waals surface area contributed by atoms with Gasteiger partial charge in [0, 0.05) is 10.5 Å². The monoisotopic (exact) mass is 473 g/mol. The minimum atomic E-state index is -4.82. The number of hydrogen-bond donors (Lipinski definition) is 1. The van der Waals surface area contributed by atoms with Crippen LogP contribution in [0.15, 0.2) is 42.5 Å². The molecule has 0 fully saturated rings. The number of nitrogens with zero attached hydrogens (tertiary/aromatic N) is 1. The van der Waals surface area contributed by atoms with Crippen molar-refractivity contribution in [3.63, 3.8) is 0 Å². The van der Waals surface area contributed by atoms with E-state index in [2.05, 4.69) is 0 Å². The van der Waals surface area contributed by atoms with Gasteiger partial charge in [-0.05, 0) is 61.9 Å². The number of benzene rings is 2. The standard InChI is InChI=1S/C22H23F4NO2S2/c1-14-16-6-4-5-7-19(16)30-20(14)27(31(29)11-10-21(2,3)28)13-15-8-9-18(23)17(12-15)22(24,25)26/h4-9,12,28H,10-11,13H2,1-3H3. The number of alkyl halides is 3. The van der Waals surface area contributed by atoms with E-state index in [9.17, 15) is 26.9 Å². The van der Waals surface area contributed by atoms with Crippen molar-refractivity contribution in [2.24, 2.45) is 0 Å². The fourth-order valence-corrected chi connectivity index (χ4v) is 6.12. The van der Waals surface area contributed by atoms with Crippen molar-refractivity contribution >= 4 is 37.4 Å². The lowest BCUT2D eigenvalue weighted by molar-refractivity contribution is -0.140. The minimum absolute atomic E-state index is 0.0878. The number of aliphatic hydroxyl groups is 1. The predicted molar refractivity (Wildman–Crippen MR) is 118 cm³/mol. The molecule has 0 aliphatic rings. The number of hydrogen-bond acceptors (Lipinski definition) is 3. The van der Waals surface area contributed by atoms with Crippen molar-refractivity contribution < 1.29 is 26.9 Å². The molecule has 3 rings (SSSR count). The summed E-state index contributed by atoms with van der Waals surface area (Å²) in [6, 6.07) is 10.4. The Balaban J connectivity index is 2.02. The Hall–Kier alpha value is -1.97. The zero-order valence-corrected chi connectivity index (χ0v) is 18.9. The van der Waals surface area contributed by atoms with Gasteiger partial charge < -0.3 is 5.11 Å². The highest BCUT2D eigenvalue weighted by molar-refractivity contribution is 7.86. The second-order valence-corrected chi connectivity index (χ2v) is 10.5. The molecular formula is C22H23F4NO2S2. The lowest BCUT2D eigenvalue weighted by atomic mass is 10.1. The van der Waals surface area contributed by atoms with Crippen molar-refractivity contribution in [1.82, 2.24) is 0 Å². The van der Waals surface area contributed by atoms with Crippen LogP contribution in [0, 0.1) is 12.7 Å². The molecule has 1 atom stereocenters. The van der Waals surface area contributed by atoms with Crippen LogP contribution in [-0.4, -0.2) is 20.7 Å². The molecule has 31 heavy (non-hydrogen) atoms. The molecule has 0 saturated carbocycles. The Morgan fingerprint density at radius 2 is 1.81 bits per heavy atom. The number of halogens is 4. The molecule has 3 aromatic rings. The van der Waals surface area contributed by atoms with Gasteiger partial charge in [0.25, 0.3) is 0 Å². The van der Waals surface area contributed by atoms with E-state index < -0.39 is 34.1 Å². The maximum Gasteiger partial charge on any atom is 0.419 e. The SMILES string of the molecule is Cc1c(N(Cc2ccc(F)c(C(F)(F)F)c2)S(=O)CCC(C)(C)O)sc2ccccc12. The van der Waals surface area contributed by atoms with Crippen LogP contribution in [-0.2, 0) is 23.7 Å². The third-order valence-electron chi connectivity index (χ3n) is 4.84. The molecule has 0 spiro atoms. The smallest absolute Gasteiger partial charge is 0.390 e. The Bertz CT molecular complexity index is 1100. The molecular weight excluding hydrogens is 450 g/mol. The molecule has 2 aromatic carbocycles. The van der Waals surface area contributed by atoms with Crippen molar-refractivity contribution in [2.45, 2.75) is 45.5 Å². The van der Waals surface area contributed by atoms with Gasteiger partial charge in [-0.25, -0.2) is 8.60 Å². The molecule has 1 unspecified atom stereocenters. The van der Waals surface area contributed by atoms with Gasteiger partial charge in [0.1, 0.15) is 21.8 Å². The second-order valence-electron chi connectivity index (χ2n) is 7.96. The predicted octanol–water partition coefficient (Wildman–Crippen LogP) is 6.20. The third-order valence-corrected chi connectivity index (χ3v) is 7.61. The molecule has 3 nitrogen and oxygen atoms in total. The van der Waals surface area contributed by atoms with Gasteiger partial charge in [0.15, 0.2) is 0 Å². The zero-order chi connectivity index (χ0) is 23.0. The first-order chi connectivity index (χ1) is 14.4. The van der Waals surface area contributed by atoms with Crippen LogP contribution in [0.4, 0.5) is 22.6 Å². The summed E-state index contributed by atoms with van der Waals surface area (Å²) in [6.45, 7) is 5.00. The first-order valence-electron chi connectivity index (χ1n) is 9.59. The Labute approximate surface area is 184 Å². The minimum Gasteiger partial charge on any atom is -0.390 e. The maximum absolute atomic E-state index is 13.7. The molecule has 1 N–H and O–H groups in total. The lowest BCUT2D eigenvalue weighted by Crippen LogP contribution is -2.30. The zero-order valence-electron chi connectivity index (χ0n) is 17.3. The highest BCUT2D eigenvalue weighted by atomic mass is 32.2. The first kappa shape index (κ1) is 23.7. The average Bonchev–Trinajstić information content (AvgIpc) is 3.00. The summed E-state index contributed by atoms with van der Waals surface area (Å²) in [7, 11) is -1.62. The highest BCUT2D eigenvalue weighted by Gasteiger charge is 2.34. The summed E-state index contributed by atoms with van der Waals surface area (Å²) in [5.41, 5.74) is -1.31. The fourth-order valence-electron chi connectivity index (χ4n) is 3.14. The average molecular weight is 474 g/mol. The van der Waals surface area contributed by atoms with Crippen LogP contribution >= 0.6 is 11.3 Å². The van der Waals surface area contributed by atoms with E-state index in [1.165, 1.54) is 17.4 Å². The topological polar surface area (TPSA) is 40.5 Å². The first-order valence-corrected chi connectivity index (χ1v) is 11.7. The maximum atomic E-state index is 13.7. The van der Waals surface area contributed by atoms with E-state index in [0.717, 1.165) is 27.8 Å². The largest absolute Gasteiger partial charge is 0.419 e. The molecule has 0 saturated heterocycles. The van der Waals surface area contributed by atoms with E-state index in [1.54, 1.807) is 18.2 Å². The summed E-state index contributed by atoms with van der Waals surface area (Å²) in [5.74, 6) is -1.21. The van der Waals surface area contributed by atoms with Crippen LogP contribution in [0.5, 0.6) is 0 Å². The van der Waals surface area contributed by atoms with E-state index in [4.69, 9.17) is 0 Å². The number of anilines is 1. The number of aryl methyl sites for hydroxylation is 1. The molecule has 168 valence electrons. The molecule has 0 radical (unpaired) electrons. The highest BCUT2D eigenvalue weighted by Crippen LogP contribution is 2.39. The molecule has 0 aliphatic heterocycles. The van der Waals surface area contributed by atoms with Crippen LogP contribution in [0.1, 0.15) is 37.0 Å². The van der Waals surface area contributed by atoms with Crippen LogP contribution < -0.4 is 4.31 Å². The quantitative estimate of drug-likeness (QED) is 0.415. The van der Waals surface area contributed by atoms with Gasteiger partial charge in [-0.3, -0.25) is 4.31 Å². The molecule has 9 heteroatoms. The van der Waals surface area contributed by atoms with E-state index in [1.807, 2.05) is 31.2 Å².